The maximum Gasteiger partial charge on any atom is 0.0642 e. The maximum absolute atomic E-state index is 5.45. The number of nitrogens with one attached hydrogen (secondary N) is 1. The highest BCUT2D eigenvalue weighted by molar-refractivity contribution is 5.49. The van der Waals surface area contributed by atoms with Crippen molar-refractivity contribution in [3.8, 4) is 0 Å². The van der Waals surface area contributed by atoms with Gasteiger partial charge >= 0.3 is 0 Å². The molecule has 2 aromatic rings. The summed E-state index contributed by atoms with van der Waals surface area (Å²) < 4.78 is 5.45. The van der Waals surface area contributed by atoms with E-state index in [-0.39, 0.29) is 0 Å². The van der Waals surface area contributed by atoms with Gasteiger partial charge in [0.1, 0.15) is 0 Å². The summed E-state index contributed by atoms with van der Waals surface area (Å²) in [4.78, 5) is 6.66. The summed E-state index contributed by atoms with van der Waals surface area (Å²) >= 11 is 0. The zero-order valence-electron chi connectivity index (χ0n) is 14.4. The van der Waals surface area contributed by atoms with Gasteiger partial charge in [0.2, 0.25) is 0 Å². The molecule has 128 valence electrons. The third kappa shape index (κ3) is 4.56. The average molecular weight is 325 g/mol. The lowest BCUT2D eigenvalue weighted by Crippen LogP contribution is -2.36. The van der Waals surface area contributed by atoms with Crippen molar-refractivity contribution in [2.45, 2.75) is 32.4 Å². The molecule has 0 radical (unpaired) electrons. The molecule has 0 spiro atoms. The van der Waals surface area contributed by atoms with E-state index < -0.39 is 0 Å². The molecule has 0 saturated carbocycles. The van der Waals surface area contributed by atoms with Crippen LogP contribution in [0.4, 0.5) is 5.69 Å². The van der Waals surface area contributed by atoms with E-state index in [9.17, 15) is 0 Å². The lowest BCUT2D eigenvalue weighted by atomic mass is 10.0. The smallest absolute Gasteiger partial charge is 0.0642 e. The molecular weight excluding hydrogens is 298 g/mol. The van der Waals surface area contributed by atoms with Crippen LogP contribution in [-0.4, -0.2) is 31.3 Å². The number of hydrogen-bond donors (Lipinski definition) is 1. The summed E-state index contributed by atoms with van der Waals surface area (Å²) in [5, 5.41) is 3.70. The lowest BCUT2D eigenvalue weighted by molar-refractivity contribution is 0.122. The summed E-state index contributed by atoms with van der Waals surface area (Å²) in [6.45, 7) is 6.70. The highest BCUT2D eigenvalue weighted by Gasteiger charge is 2.13. The van der Waals surface area contributed by atoms with Crippen molar-refractivity contribution in [1.82, 2.24) is 10.3 Å². The van der Waals surface area contributed by atoms with Crippen molar-refractivity contribution in [3.05, 3.63) is 59.9 Å². The Morgan fingerprint density at radius 1 is 1.21 bits per heavy atom. The Balaban J connectivity index is 1.64. The number of rotatable bonds is 7. The van der Waals surface area contributed by atoms with Gasteiger partial charge in [0.25, 0.3) is 0 Å². The van der Waals surface area contributed by atoms with Crippen LogP contribution in [0.2, 0.25) is 0 Å². The first-order chi connectivity index (χ1) is 11.9. The second kappa shape index (κ2) is 8.81. The second-order valence-corrected chi connectivity index (χ2v) is 6.28. The molecule has 0 amide bonds. The number of nitrogens with zero attached hydrogens (tertiary/aromatic N) is 2. The summed E-state index contributed by atoms with van der Waals surface area (Å²) in [5.41, 5.74) is 3.89. The molecule has 1 aliphatic heterocycles. The zero-order chi connectivity index (χ0) is 16.6. The van der Waals surface area contributed by atoms with Gasteiger partial charge in [0, 0.05) is 43.8 Å². The van der Waals surface area contributed by atoms with Gasteiger partial charge in [0.05, 0.1) is 13.2 Å². The van der Waals surface area contributed by atoms with Gasteiger partial charge < -0.3 is 15.0 Å². The summed E-state index contributed by atoms with van der Waals surface area (Å²) in [6.07, 6.45) is 6.07. The molecule has 4 heteroatoms. The molecular formula is C20H27N3O. The van der Waals surface area contributed by atoms with Crippen LogP contribution in [0.3, 0.4) is 0 Å². The van der Waals surface area contributed by atoms with E-state index in [1.54, 1.807) is 0 Å². The molecule has 1 aromatic heterocycles. The Hall–Kier alpha value is -1.91. The fourth-order valence-electron chi connectivity index (χ4n) is 3.18. The van der Waals surface area contributed by atoms with E-state index in [0.29, 0.717) is 6.04 Å². The molecule has 1 saturated heterocycles. The Kier molecular flexibility index (Phi) is 6.21. The quantitative estimate of drug-likeness (QED) is 0.845. The number of hydrogen-bond acceptors (Lipinski definition) is 4. The first-order valence-corrected chi connectivity index (χ1v) is 8.92. The van der Waals surface area contributed by atoms with Crippen molar-refractivity contribution >= 4 is 5.69 Å². The largest absolute Gasteiger partial charge is 0.378 e. The van der Waals surface area contributed by atoms with E-state index in [4.69, 9.17) is 4.74 Å². The van der Waals surface area contributed by atoms with E-state index >= 15 is 0 Å². The third-order valence-corrected chi connectivity index (χ3v) is 4.50. The lowest BCUT2D eigenvalue weighted by Gasteiger charge is -2.29. The highest BCUT2D eigenvalue weighted by Crippen LogP contribution is 2.20. The van der Waals surface area contributed by atoms with Gasteiger partial charge in [-0.3, -0.25) is 4.98 Å². The van der Waals surface area contributed by atoms with Crippen molar-refractivity contribution in [2.75, 3.05) is 31.2 Å². The van der Waals surface area contributed by atoms with Crippen LogP contribution < -0.4 is 10.2 Å². The number of pyridine rings is 1. The minimum atomic E-state index is 0.357. The first kappa shape index (κ1) is 16.9. The molecule has 0 bridgehead atoms. The van der Waals surface area contributed by atoms with Crippen LogP contribution >= 0.6 is 0 Å². The van der Waals surface area contributed by atoms with Gasteiger partial charge in [-0.15, -0.1) is 0 Å². The van der Waals surface area contributed by atoms with Gasteiger partial charge in [-0.05, 0) is 35.7 Å². The van der Waals surface area contributed by atoms with Gasteiger partial charge in [-0.25, -0.2) is 0 Å². The molecule has 1 atom stereocenters. The third-order valence-electron chi connectivity index (χ3n) is 4.50. The highest BCUT2D eigenvalue weighted by atomic mass is 16.5. The van der Waals surface area contributed by atoms with Gasteiger partial charge in [0.15, 0.2) is 0 Å². The van der Waals surface area contributed by atoms with Crippen molar-refractivity contribution in [1.29, 1.82) is 0 Å². The minimum absolute atomic E-state index is 0.357. The fraction of sp³-hybridized carbons (Fsp3) is 0.450. The van der Waals surface area contributed by atoms with Crippen LogP contribution in [0.25, 0.3) is 0 Å². The van der Waals surface area contributed by atoms with Gasteiger partial charge in [-0.2, -0.15) is 0 Å². The standard InChI is InChI=1S/C20H27N3O/c1-2-5-20(18-7-4-9-21-16-18)22-15-17-6-3-8-19(14-17)23-10-12-24-13-11-23/h3-4,6-9,14,16,20,22H,2,5,10-13,15H2,1H3. The van der Waals surface area contributed by atoms with Crippen molar-refractivity contribution in [2.24, 2.45) is 0 Å². The second-order valence-electron chi connectivity index (χ2n) is 6.28. The Morgan fingerprint density at radius 3 is 2.83 bits per heavy atom. The topological polar surface area (TPSA) is 37.4 Å². The maximum atomic E-state index is 5.45. The molecule has 24 heavy (non-hydrogen) atoms. The minimum Gasteiger partial charge on any atom is -0.378 e. The van der Waals surface area contributed by atoms with Crippen molar-refractivity contribution in [3.63, 3.8) is 0 Å². The molecule has 2 heterocycles. The average Bonchev–Trinajstić information content (AvgIpc) is 2.67. The predicted octanol–water partition coefficient (Wildman–Crippen LogP) is 3.55. The van der Waals surface area contributed by atoms with Crippen LogP contribution in [0.15, 0.2) is 48.8 Å². The normalized spacial score (nSPS) is 16.1. The zero-order valence-corrected chi connectivity index (χ0v) is 14.4. The number of anilines is 1. The number of ether oxygens (including phenoxy) is 1. The van der Waals surface area contributed by atoms with E-state index in [2.05, 4.69) is 52.5 Å². The molecule has 4 nitrogen and oxygen atoms in total. The predicted molar refractivity (Wildman–Crippen MR) is 98.2 cm³/mol. The Morgan fingerprint density at radius 2 is 2.08 bits per heavy atom. The first-order valence-electron chi connectivity index (χ1n) is 8.92. The summed E-state index contributed by atoms with van der Waals surface area (Å²) in [5.74, 6) is 0. The molecule has 1 aromatic carbocycles. The van der Waals surface area contributed by atoms with Crippen LogP contribution in [-0.2, 0) is 11.3 Å². The van der Waals surface area contributed by atoms with E-state index in [1.165, 1.54) is 16.8 Å². The number of aromatic nitrogens is 1. The molecule has 0 aliphatic carbocycles. The molecule has 1 N–H and O–H groups in total. The van der Waals surface area contributed by atoms with Crippen molar-refractivity contribution < 1.29 is 4.74 Å². The van der Waals surface area contributed by atoms with Crippen LogP contribution in [0.5, 0.6) is 0 Å². The molecule has 1 aliphatic rings. The SMILES string of the molecule is CCCC(NCc1cccc(N2CCOCC2)c1)c1cccnc1. The molecule has 3 rings (SSSR count). The number of benzene rings is 1. The molecule has 1 unspecified atom stereocenters. The molecule has 1 fully saturated rings. The van der Waals surface area contributed by atoms with Crippen LogP contribution in [0.1, 0.15) is 36.9 Å². The Labute approximate surface area is 144 Å². The number of morpholine rings is 1. The van der Waals surface area contributed by atoms with Crippen LogP contribution in [0, 0.1) is 0 Å². The van der Waals surface area contributed by atoms with Gasteiger partial charge in [-0.1, -0.05) is 31.5 Å². The monoisotopic (exact) mass is 325 g/mol. The Bertz CT molecular complexity index is 611. The van der Waals surface area contributed by atoms with E-state index in [1.807, 2.05) is 18.5 Å². The fourth-order valence-corrected chi connectivity index (χ4v) is 3.18. The van der Waals surface area contributed by atoms with E-state index in [0.717, 1.165) is 45.7 Å². The summed E-state index contributed by atoms with van der Waals surface area (Å²) in [7, 11) is 0. The summed E-state index contributed by atoms with van der Waals surface area (Å²) in [6, 6.07) is 13.4.